The van der Waals surface area contributed by atoms with Crippen LogP contribution in [0.15, 0.2) is 46.9 Å². The lowest BCUT2D eigenvalue weighted by atomic mass is 10.1. The van der Waals surface area contributed by atoms with Gasteiger partial charge >= 0.3 is 0 Å². The summed E-state index contributed by atoms with van der Waals surface area (Å²) >= 11 is 3.19. The summed E-state index contributed by atoms with van der Waals surface area (Å²) in [7, 11) is 1.52. The molecule has 0 aliphatic carbocycles. The predicted octanol–water partition coefficient (Wildman–Crippen LogP) is 4.26. The lowest BCUT2D eigenvalue weighted by Gasteiger charge is -2.08. The van der Waals surface area contributed by atoms with Gasteiger partial charge in [-0.1, -0.05) is 30.3 Å². The van der Waals surface area contributed by atoms with Crippen molar-refractivity contribution in [2.75, 3.05) is 7.11 Å². The molecule has 2 rings (SSSR count). The molecule has 0 atom stereocenters. The van der Waals surface area contributed by atoms with Gasteiger partial charge in [-0.3, -0.25) is 0 Å². The number of rotatable bonds is 2. The van der Waals surface area contributed by atoms with E-state index in [0.29, 0.717) is 15.8 Å². The molecule has 0 aliphatic heterocycles. The first-order chi connectivity index (χ1) is 7.74. The second-order valence-corrected chi connectivity index (χ2v) is 4.10. The Morgan fingerprint density at radius 2 is 1.75 bits per heavy atom. The summed E-state index contributed by atoms with van der Waals surface area (Å²) in [6.07, 6.45) is 0. The molecule has 16 heavy (non-hydrogen) atoms. The van der Waals surface area contributed by atoms with Gasteiger partial charge < -0.3 is 4.74 Å². The van der Waals surface area contributed by atoms with Crippen LogP contribution in [-0.4, -0.2) is 7.11 Å². The topological polar surface area (TPSA) is 9.23 Å². The summed E-state index contributed by atoms with van der Waals surface area (Å²) in [6, 6.07) is 12.9. The largest absolute Gasteiger partial charge is 0.495 e. The molecule has 0 aromatic heterocycles. The first-order valence-electron chi connectivity index (χ1n) is 4.81. The molecule has 0 aliphatic rings. The summed E-state index contributed by atoms with van der Waals surface area (Å²) in [5, 5.41) is 0. The quantitative estimate of drug-likeness (QED) is 0.799. The first-order valence-corrected chi connectivity index (χ1v) is 5.60. The van der Waals surface area contributed by atoms with E-state index in [1.54, 1.807) is 12.1 Å². The highest BCUT2D eigenvalue weighted by Crippen LogP contribution is 2.34. The zero-order valence-corrected chi connectivity index (χ0v) is 10.3. The summed E-state index contributed by atoms with van der Waals surface area (Å²) in [4.78, 5) is 0. The van der Waals surface area contributed by atoms with E-state index in [1.807, 2.05) is 30.3 Å². The number of methoxy groups -OCH3 is 1. The van der Waals surface area contributed by atoms with Crippen LogP contribution in [0, 0.1) is 5.82 Å². The lowest BCUT2D eigenvalue weighted by Crippen LogP contribution is -1.90. The molecule has 82 valence electrons. The van der Waals surface area contributed by atoms with Crippen molar-refractivity contribution in [1.82, 2.24) is 0 Å². The average Bonchev–Trinajstić information content (AvgIpc) is 2.34. The normalized spacial score (nSPS) is 10.2. The third-order valence-electron chi connectivity index (χ3n) is 2.35. The standard InChI is InChI=1S/C13H10BrFO/c1-16-11-8-7-10(13(15)12(11)14)9-5-3-2-4-6-9/h2-8H,1H3. The Hall–Kier alpha value is -1.35. The van der Waals surface area contributed by atoms with E-state index in [1.165, 1.54) is 7.11 Å². The Balaban J connectivity index is 2.56. The molecule has 3 heteroatoms. The number of hydrogen-bond donors (Lipinski definition) is 0. The lowest BCUT2D eigenvalue weighted by molar-refractivity contribution is 0.408. The number of ether oxygens (including phenoxy) is 1. The van der Waals surface area contributed by atoms with E-state index in [-0.39, 0.29) is 5.82 Å². The average molecular weight is 281 g/mol. The maximum absolute atomic E-state index is 14.0. The fraction of sp³-hybridized carbons (Fsp3) is 0.0769. The summed E-state index contributed by atoms with van der Waals surface area (Å²) < 4.78 is 19.4. The van der Waals surface area contributed by atoms with Gasteiger partial charge in [-0.25, -0.2) is 4.39 Å². The van der Waals surface area contributed by atoms with E-state index in [4.69, 9.17) is 4.74 Å². The van der Waals surface area contributed by atoms with Crippen molar-refractivity contribution < 1.29 is 9.13 Å². The van der Waals surface area contributed by atoms with Crippen molar-refractivity contribution in [3.8, 4) is 16.9 Å². The molecule has 0 fully saturated rings. The predicted molar refractivity (Wildman–Crippen MR) is 66.1 cm³/mol. The van der Waals surface area contributed by atoms with Gasteiger partial charge in [0.25, 0.3) is 0 Å². The highest BCUT2D eigenvalue weighted by Gasteiger charge is 2.12. The molecule has 0 heterocycles. The monoisotopic (exact) mass is 280 g/mol. The molecule has 0 saturated heterocycles. The zero-order chi connectivity index (χ0) is 11.5. The van der Waals surface area contributed by atoms with E-state index in [2.05, 4.69) is 15.9 Å². The van der Waals surface area contributed by atoms with Crippen LogP contribution < -0.4 is 4.74 Å². The third-order valence-corrected chi connectivity index (χ3v) is 3.09. The van der Waals surface area contributed by atoms with Crippen molar-refractivity contribution in [3.63, 3.8) is 0 Å². The van der Waals surface area contributed by atoms with Gasteiger partial charge in [-0.2, -0.15) is 0 Å². The fourth-order valence-corrected chi connectivity index (χ4v) is 2.04. The highest BCUT2D eigenvalue weighted by molar-refractivity contribution is 9.10. The van der Waals surface area contributed by atoms with Gasteiger partial charge in [0.05, 0.1) is 11.6 Å². The van der Waals surface area contributed by atoms with Crippen LogP contribution in [0.4, 0.5) is 4.39 Å². The van der Waals surface area contributed by atoms with Gasteiger partial charge in [0, 0.05) is 5.56 Å². The molecule has 0 spiro atoms. The molecule has 2 aromatic carbocycles. The van der Waals surface area contributed by atoms with Crippen LogP contribution in [0.1, 0.15) is 0 Å². The van der Waals surface area contributed by atoms with Gasteiger partial charge in [0.1, 0.15) is 11.6 Å². The van der Waals surface area contributed by atoms with Crippen LogP contribution in [-0.2, 0) is 0 Å². The second-order valence-electron chi connectivity index (χ2n) is 3.31. The minimum absolute atomic E-state index is 0.300. The minimum Gasteiger partial charge on any atom is -0.495 e. The molecule has 2 aromatic rings. The number of halogens is 2. The molecule has 0 N–H and O–H groups in total. The Morgan fingerprint density at radius 3 is 2.38 bits per heavy atom. The van der Waals surface area contributed by atoms with Gasteiger partial charge in [0.15, 0.2) is 0 Å². The van der Waals surface area contributed by atoms with Crippen LogP contribution in [0.5, 0.6) is 5.75 Å². The molecular formula is C13H10BrFO. The molecule has 1 nitrogen and oxygen atoms in total. The van der Waals surface area contributed by atoms with Gasteiger partial charge in [-0.15, -0.1) is 0 Å². The third kappa shape index (κ3) is 1.95. The van der Waals surface area contributed by atoms with Crippen molar-refractivity contribution >= 4 is 15.9 Å². The van der Waals surface area contributed by atoms with Crippen molar-refractivity contribution in [3.05, 3.63) is 52.8 Å². The summed E-state index contributed by atoms with van der Waals surface area (Å²) in [5.74, 6) is 0.197. The highest BCUT2D eigenvalue weighted by atomic mass is 79.9. The van der Waals surface area contributed by atoms with Crippen LogP contribution >= 0.6 is 15.9 Å². The molecule has 0 amide bonds. The first kappa shape index (κ1) is 11.1. The van der Waals surface area contributed by atoms with Gasteiger partial charge in [0.2, 0.25) is 0 Å². The maximum Gasteiger partial charge on any atom is 0.148 e. The number of benzene rings is 2. The van der Waals surface area contributed by atoms with Crippen LogP contribution in [0.2, 0.25) is 0 Å². The SMILES string of the molecule is COc1ccc(-c2ccccc2)c(F)c1Br. The minimum atomic E-state index is -0.300. The smallest absolute Gasteiger partial charge is 0.148 e. The Morgan fingerprint density at radius 1 is 1.06 bits per heavy atom. The molecule has 0 saturated carbocycles. The van der Waals surface area contributed by atoms with Crippen molar-refractivity contribution in [1.29, 1.82) is 0 Å². The van der Waals surface area contributed by atoms with E-state index in [9.17, 15) is 4.39 Å². The van der Waals surface area contributed by atoms with Crippen LogP contribution in [0.25, 0.3) is 11.1 Å². The van der Waals surface area contributed by atoms with E-state index >= 15 is 0 Å². The Bertz CT molecular complexity index is 497. The molecule has 0 unspecified atom stereocenters. The summed E-state index contributed by atoms with van der Waals surface area (Å²) in [5.41, 5.74) is 1.41. The Kier molecular flexibility index (Phi) is 3.25. The molecule has 0 bridgehead atoms. The van der Waals surface area contributed by atoms with E-state index in [0.717, 1.165) is 5.56 Å². The van der Waals surface area contributed by atoms with Gasteiger partial charge in [-0.05, 0) is 33.6 Å². The maximum atomic E-state index is 14.0. The molecular weight excluding hydrogens is 271 g/mol. The number of hydrogen-bond acceptors (Lipinski definition) is 1. The fourth-order valence-electron chi connectivity index (χ4n) is 1.53. The van der Waals surface area contributed by atoms with Crippen LogP contribution in [0.3, 0.4) is 0 Å². The van der Waals surface area contributed by atoms with Crippen molar-refractivity contribution in [2.45, 2.75) is 0 Å². The summed E-state index contributed by atoms with van der Waals surface area (Å²) in [6.45, 7) is 0. The Labute approximate surface area is 102 Å². The second kappa shape index (κ2) is 4.66. The zero-order valence-electron chi connectivity index (χ0n) is 8.71. The van der Waals surface area contributed by atoms with E-state index < -0.39 is 0 Å². The molecule has 0 radical (unpaired) electrons. The van der Waals surface area contributed by atoms with Crippen molar-refractivity contribution in [2.24, 2.45) is 0 Å².